The fourth-order valence-corrected chi connectivity index (χ4v) is 4.10. The quantitative estimate of drug-likeness (QED) is 0.586. The Balaban J connectivity index is 1.97. The lowest BCUT2D eigenvalue weighted by Gasteiger charge is -2.31. The number of fused-ring (bicyclic) bond motifs is 1. The van der Waals surface area contributed by atoms with Gasteiger partial charge in [-0.15, -0.1) is 0 Å². The molecule has 1 heterocycles. The zero-order chi connectivity index (χ0) is 21.2. The van der Waals surface area contributed by atoms with E-state index in [0.29, 0.717) is 28.4 Å². The molecule has 0 fully saturated rings. The minimum atomic E-state index is -0.623. The molecule has 0 radical (unpaired) electrons. The standard InChI is InChI=1S/C23H26ClN3O2/c1-23(2,15-26(3)4)14-25-13-18-16-9-5-6-10-17(16)21(28)27(22(18)29)20-12-8-7-11-19(20)24/h5-13,18H,14-15H2,1-4H3/p+1. The Hall–Kier alpha value is -2.50. The number of carbonyl (C=O) groups is 2. The van der Waals surface area contributed by atoms with E-state index >= 15 is 0 Å². The Morgan fingerprint density at radius 3 is 2.45 bits per heavy atom. The van der Waals surface area contributed by atoms with Crippen LogP contribution in [0.3, 0.4) is 0 Å². The number of rotatable bonds is 6. The van der Waals surface area contributed by atoms with Crippen LogP contribution in [0.25, 0.3) is 0 Å². The van der Waals surface area contributed by atoms with Crippen LogP contribution in [-0.4, -0.2) is 45.2 Å². The molecule has 0 aromatic heterocycles. The van der Waals surface area contributed by atoms with Crippen molar-refractivity contribution in [3.05, 3.63) is 64.7 Å². The van der Waals surface area contributed by atoms with Gasteiger partial charge in [0, 0.05) is 23.7 Å². The number of anilines is 1. The van der Waals surface area contributed by atoms with E-state index in [0.717, 1.165) is 6.54 Å². The van der Waals surface area contributed by atoms with Gasteiger partial charge < -0.3 is 4.90 Å². The van der Waals surface area contributed by atoms with Crippen molar-refractivity contribution in [2.75, 3.05) is 32.1 Å². The number of hydrogen-bond donors (Lipinski definition) is 1. The zero-order valence-electron chi connectivity index (χ0n) is 17.3. The number of aliphatic imine (C=N–C) groups is 1. The van der Waals surface area contributed by atoms with Crippen molar-refractivity contribution in [2.45, 2.75) is 19.8 Å². The third-order valence-electron chi connectivity index (χ3n) is 4.92. The van der Waals surface area contributed by atoms with Crippen LogP contribution in [0.2, 0.25) is 5.02 Å². The van der Waals surface area contributed by atoms with Crippen molar-refractivity contribution in [3.63, 3.8) is 0 Å². The van der Waals surface area contributed by atoms with Crippen LogP contribution in [0.4, 0.5) is 5.69 Å². The molecule has 1 aliphatic heterocycles. The van der Waals surface area contributed by atoms with Gasteiger partial charge in [0.15, 0.2) is 0 Å². The molecule has 2 aromatic carbocycles. The number of halogens is 1. The summed E-state index contributed by atoms with van der Waals surface area (Å²) >= 11 is 6.29. The maximum absolute atomic E-state index is 13.3. The second kappa shape index (κ2) is 8.47. The summed E-state index contributed by atoms with van der Waals surface area (Å²) in [6.45, 7) is 5.88. The molecule has 0 spiro atoms. The largest absolute Gasteiger partial charge is 0.339 e. The number of nitrogens with one attached hydrogen (secondary N) is 1. The lowest BCUT2D eigenvalue weighted by Crippen LogP contribution is -3.07. The lowest BCUT2D eigenvalue weighted by atomic mass is 9.88. The van der Waals surface area contributed by atoms with E-state index in [1.165, 1.54) is 9.80 Å². The molecule has 3 rings (SSSR count). The minimum absolute atomic E-state index is 0.00477. The number of imide groups is 1. The Morgan fingerprint density at radius 2 is 1.76 bits per heavy atom. The van der Waals surface area contributed by atoms with Gasteiger partial charge in [-0.1, -0.05) is 55.8 Å². The van der Waals surface area contributed by atoms with Gasteiger partial charge in [0.2, 0.25) is 5.91 Å². The van der Waals surface area contributed by atoms with Crippen molar-refractivity contribution in [2.24, 2.45) is 10.4 Å². The molecule has 1 aliphatic rings. The highest BCUT2D eigenvalue weighted by molar-refractivity contribution is 6.37. The molecule has 1 N–H and O–H groups in total. The molecule has 2 aromatic rings. The summed E-state index contributed by atoms with van der Waals surface area (Å²) in [5, 5.41) is 0.361. The topological polar surface area (TPSA) is 54.2 Å². The molecule has 5 nitrogen and oxygen atoms in total. The summed E-state index contributed by atoms with van der Waals surface area (Å²) in [7, 11) is 4.22. The van der Waals surface area contributed by atoms with Crippen LogP contribution in [-0.2, 0) is 4.79 Å². The molecule has 2 amide bonds. The van der Waals surface area contributed by atoms with Crippen LogP contribution in [0.5, 0.6) is 0 Å². The predicted molar refractivity (Wildman–Crippen MR) is 117 cm³/mol. The Morgan fingerprint density at radius 1 is 1.10 bits per heavy atom. The van der Waals surface area contributed by atoms with Crippen LogP contribution in [0.15, 0.2) is 53.5 Å². The third kappa shape index (κ3) is 4.57. The van der Waals surface area contributed by atoms with Gasteiger partial charge >= 0.3 is 0 Å². The molecule has 152 valence electrons. The first-order chi connectivity index (χ1) is 13.7. The maximum atomic E-state index is 13.3. The average molecular weight is 413 g/mol. The summed E-state index contributed by atoms with van der Waals surface area (Å²) in [6.07, 6.45) is 1.68. The highest BCUT2D eigenvalue weighted by Gasteiger charge is 2.39. The smallest absolute Gasteiger partial charge is 0.265 e. The first-order valence-corrected chi connectivity index (χ1v) is 10.1. The highest BCUT2D eigenvalue weighted by atomic mass is 35.5. The first kappa shape index (κ1) is 21.2. The second-order valence-corrected chi connectivity index (χ2v) is 8.94. The van der Waals surface area contributed by atoms with E-state index in [1.54, 1.807) is 42.6 Å². The fraction of sp³-hybridized carbons (Fsp3) is 0.348. The molecule has 0 saturated heterocycles. The molecule has 1 atom stereocenters. The summed E-state index contributed by atoms with van der Waals surface area (Å²) < 4.78 is 0. The maximum Gasteiger partial charge on any atom is 0.265 e. The highest BCUT2D eigenvalue weighted by Crippen LogP contribution is 2.35. The molecule has 0 bridgehead atoms. The van der Waals surface area contributed by atoms with Gasteiger partial charge in [0.25, 0.3) is 5.91 Å². The van der Waals surface area contributed by atoms with Crippen LogP contribution < -0.4 is 9.80 Å². The Kier molecular flexibility index (Phi) is 6.20. The van der Waals surface area contributed by atoms with Gasteiger partial charge in [0.1, 0.15) is 0 Å². The molecule has 0 saturated carbocycles. The van der Waals surface area contributed by atoms with Crippen molar-refractivity contribution < 1.29 is 14.5 Å². The van der Waals surface area contributed by atoms with E-state index in [1.807, 2.05) is 12.1 Å². The summed E-state index contributed by atoms with van der Waals surface area (Å²) in [5.41, 5.74) is 1.59. The van der Waals surface area contributed by atoms with Crippen LogP contribution in [0.1, 0.15) is 35.7 Å². The normalized spacial score (nSPS) is 17.3. The number of para-hydroxylation sites is 1. The zero-order valence-corrected chi connectivity index (χ0v) is 18.0. The van der Waals surface area contributed by atoms with Gasteiger partial charge in [-0.2, -0.15) is 0 Å². The molecular formula is C23H27ClN3O2+. The number of carbonyl (C=O) groups excluding carboxylic acids is 2. The number of benzene rings is 2. The SMILES string of the molecule is C[NH+](C)CC(C)(C)CN=CC1C(=O)N(c2ccccc2Cl)C(=O)c2ccccc21. The molecule has 6 heteroatoms. The lowest BCUT2D eigenvalue weighted by molar-refractivity contribution is -0.865. The Bertz CT molecular complexity index is 953. The number of quaternary nitrogens is 1. The van der Waals surface area contributed by atoms with E-state index in [9.17, 15) is 9.59 Å². The molecule has 29 heavy (non-hydrogen) atoms. The first-order valence-electron chi connectivity index (χ1n) is 9.72. The number of hydrogen-bond acceptors (Lipinski definition) is 3. The summed E-state index contributed by atoms with van der Waals surface area (Å²) in [4.78, 5) is 33.6. The third-order valence-corrected chi connectivity index (χ3v) is 5.23. The summed E-state index contributed by atoms with van der Waals surface area (Å²) in [6, 6.07) is 14.1. The van der Waals surface area contributed by atoms with E-state index in [2.05, 4.69) is 32.9 Å². The van der Waals surface area contributed by atoms with E-state index in [-0.39, 0.29) is 17.2 Å². The molecule has 0 aliphatic carbocycles. The number of amides is 2. The summed E-state index contributed by atoms with van der Waals surface area (Å²) in [5.74, 6) is -1.32. The minimum Gasteiger partial charge on any atom is -0.339 e. The van der Waals surface area contributed by atoms with Gasteiger partial charge in [-0.25, -0.2) is 4.90 Å². The van der Waals surface area contributed by atoms with Crippen molar-refractivity contribution in [1.82, 2.24) is 0 Å². The fourth-order valence-electron chi connectivity index (χ4n) is 3.88. The van der Waals surface area contributed by atoms with Crippen molar-refractivity contribution in [1.29, 1.82) is 0 Å². The second-order valence-electron chi connectivity index (χ2n) is 8.53. The average Bonchev–Trinajstić information content (AvgIpc) is 2.65. The molecule has 1 unspecified atom stereocenters. The van der Waals surface area contributed by atoms with E-state index in [4.69, 9.17) is 11.6 Å². The van der Waals surface area contributed by atoms with Crippen molar-refractivity contribution >= 4 is 35.3 Å². The van der Waals surface area contributed by atoms with Crippen LogP contribution >= 0.6 is 11.6 Å². The number of nitrogens with zero attached hydrogens (tertiary/aromatic N) is 2. The van der Waals surface area contributed by atoms with Gasteiger partial charge in [0.05, 0.1) is 37.3 Å². The monoisotopic (exact) mass is 412 g/mol. The van der Waals surface area contributed by atoms with Crippen molar-refractivity contribution in [3.8, 4) is 0 Å². The Labute approximate surface area is 177 Å². The van der Waals surface area contributed by atoms with Crippen LogP contribution in [0, 0.1) is 5.41 Å². The van der Waals surface area contributed by atoms with Gasteiger partial charge in [-0.05, 0) is 23.8 Å². The van der Waals surface area contributed by atoms with E-state index < -0.39 is 5.92 Å². The van der Waals surface area contributed by atoms with Gasteiger partial charge in [-0.3, -0.25) is 14.6 Å². The molecular weight excluding hydrogens is 386 g/mol. The predicted octanol–water partition coefficient (Wildman–Crippen LogP) is 2.85.